The van der Waals surface area contributed by atoms with Crippen molar-refractivity contribution >= 4 is 23.5 Å². The molecule has 0 aliphatic heterocycles. The molecule has 0 amide bonds. The van der Waals surface area contributed by atoms with Crippen LogP contribution >= 0.6 is 11.8 Å². The molecule has 158 valence electrons. The van der Waals surface area contributed by atoms with E-state index in [1.165, 1.54) is 11.8 Å². The number of ketones is 1. The third-order valence-corrected chi connectivity index (χ3v) is 6.01. The number of esters is 1. The molecule has 8 heteroatoms. The summed E-state index contributed by atoms with van der Waals surface area (Å²) in [6.07, 6.45) is 0. The van der Waals surface area contributed by atoms with E-state index in [1.54, 1.807) is 20.8 Å². The number of carbonyl (C=O) groups excluding carboxylic acids is 2. The van der Waals surface area contributed by atoms with E-state index in [0.717, 1.165) is 17.1 Å². The first-order valence-corrected chi connectivity index (χ1v) is 10.7. The Balaban J connectivity index is 1.89. The molecule has 3 aromatic rings. The molecule has 2 aromatic heterocycles. The first-order valence-electron chi connectivity index (χ1n) is 9.81. The number of aromatic nitrogens is 4. The maximum atomic E-state index is 13.2. The van der Waals surface area contributed by atoms with E-state index in [2.05, 4.69) is 15.2 Å². The second-order valence-electron chi connectivity index (χ2n) is 7.12. The van der Waals surface area contributed by atoms with Crippen LogP contribution < -0.4 is 0 Å². The molecule has 0 saturated carbocycles. The van der Waals surface area contributed by atoms with E-state index < -0.39 is 11.2 Å². The zero-order chi connectivity index (χ0) is 22.0. The molecule has 1 atom stereocenters. The minimum absolute atomic E-state index is 0.104. The largest absolute Gasteiger partial charge is 0.462 e. The summed E-state index contributed by atoms with van der Waals surface area (Å²) < 4.78 is 7.08. The average Bonchev–Trinajstić information content (AvgIpc) is 3.20. The molecule has 7 nitrogen and oxygen atoms in total. The highest BCUT2D eigenvalue weighted by Crippen LogP contribution is 2.30. The minimum atomic E-state index is -0.428. The van der Waals surface area contributed by atoms with Gasteiger partial charge >= 0.3 is 5.97 Å². The second-order valence-corrected chi connectivity index (χ2v) is 8.43. The molecular weight excluding hydrogens is 400 g/mol. The van der Waals surface area contributed by atoms with Gasteiger partial charge < -0.3 is 9.72 Å². The number of thioether (sulfide) groups is 1. The maximum Gasteiger partial charge on any atom is 0.340 e. The van der Waals surface area contributed by atoms with Crippen molar-refractivity contribution in [1.29, 1.82) is 0 Å². The van der Waals surface area contributed by atoms with Gasteiger partial charge in [0.25, 0.3) is 0 Å². The zero-order valence-electron chi connectivity index (χ0n) is 18.1. The number of aryl methyl sites for hydroxylation is 3. The van der Waals surface area contributed by atoms with Crippen LogP contribution in [0.2, 0.25) is 0 Å². The summed E-state index contributed by atoms with van der Waals surface area (Å²) >= 11 is 1.34. The lowest BCUT2D eigenvalue weighted by molar-refractivity contribution is 0.0525. The van der Waals surface area contributed by atoms with Crippen LogP contribution in [0.15, 0.2) is 29.4 Å². The Morgan fingerprint density at radius 3 is 2.53 bits per heavy atom. The summed E-state index contributed by atoms with van der Waals surface area (Å²) in [6, 6.07) is 7.98. The van der Waals surface area contributed by atoms with Gasteiger partial charge in [0.2, 0.25) is 0 Å². The third kappa shape index (κ3) is 4.05. The van der Waals surface area contributed by atoms with Crippen molar-refractivity contribution in [2.45, 2.75) is 51.9 Å². The highest BCUT2D eigenvalue weighted by Gasteiger charge is 2.27. The number of aromatic amines is 1. The van der Waals surface area contributed by atoms with Gasteiger partial charge in [-0.2, -0.15) is 0 Å². The Morgan fingerprint density at radius 1 is 1.17 bits per heavy atom. The third-order valence-electron chi connectivity index (χ3n) is 4.97. The Hall–Kier alpha value is -2.87. The van der Waals surface area contributed by atoms with Gasteiger partial charge in [-0.25, -0.2) is 4.79 Å². The molecule has 30 heavy (non-hydrogen) atoms. The predicted octanol–water partition coefficient (Wildman–Crippen LogP) is 4.37. The highest BCUT2D eigenvalue weighted by molar-refractivity contribution is 8.00. The minimum Gasteiger partial charge on any atom is -0.462 e. The van der Waals surface area contributed by atoms with Gasteiger partial charge in [0.15, 0.2) is 10.9 Å². The molecule has 3 rings (SSSR count). The molecule has 1 unspecified atom stereocenters. The van der Waals surface area contributed by atoms with E-state index >= 15 is 0 Å². The first-order chi connectivity index (χ1) is 14.3. The Morgan fingerprint density at radius 2 is 1.87 bits per heavy atom. The lowest BCUT2D eigenvalue weighted by Gasteiger charge is -2.13. The van der Waals surface area contributed by atoms with E-state index in [9.17, 15) is 9.59 Å². The van der Waals surface area contributed by atoms with Gasteiger partial charge in [0.05, 0.1) is 28.8 Å². The van der Waals surface area contributed by atoms with E-state index in [0.29, 0.717) is 27.7 Å². The number of para-hydroxylation sites is 1. The molecule has 0 aliphatic rings. The zero-order valence-corrected chi connectivity index (χ0v) is 18.9. The molecule has 0 spiro atoms. The van der Waals surface area contributed by atoms with Crippen LogP contribution in [0.25, 0.3) is 5.69 Å². The summed E-state index contributed by atoms with van der Waals surface area (Å²) in [5.41, 5.74) is 4.17. The van der Waals surface area contributed by atoms with Crippen LogP contribution in [0, 0.1) is 27.7 Å². The number of nitrogens with zero attached hydrogens (tertiary/aromatic N) is 3. The van der Waals surface area contributed by atoms with Crippen molar-refractivity contribution in [2.24, 2.45) is 0 Å². The number of hydrogen-bond donors (Lipinski definition) is 1. The Bertz CT molecular complexity index is 1100. The topological polar surface area (TPSA) is 89.9 Å². The Labute approximate surface area is 180 Å². The van der Waals surface area contributed by atoms with Gasteiger partial charge in [-0.3, -0.25) is 9.36 Å². The fourth-order valence-corrected chi connectivity index (χ4v) is 4.40. The molecule has 0 fully saturated rings. The normalized spacial score (nSPS) is 12.1. The highest BCUT2D eigenvalue weighted by atomic mass is 32.2. The standard InChI is InChI=1S/C22H26N4O3S/c1-7-29-21(28)18-13(3)19(23-14(18)4)20(27)15(5)30-22-25-24-16(6)26(22)17-11-9-8-10-12(17)2/h8-11,15,23H,7H2,1-6H3. The fourth-order valence-electron chi connectivity index (χ4n) is 3.43. The van der Waals surface area contributed by atoms with Gasteiger partial charge in [0, 0.05) is 5.69 Å². The van der Waals surface area contributed by atoms with Crippen molar-refractivity contribution in [2.75, 3.05) is 6.61 Å². The number of rotatable bonds is 7. The molecular formula is C22H26N4O3S. The van der Waals surface area contributed by atoms with Crippen LogP contribution in [0.1, 0.15) is 57.3 Å². The molecule has 1 aromatic carbocycles. The molecule has 0 bridgehead atoms. The summed E-state index contributed by atoms with van der Waals surface area (Å²) in [6.45, 7) is 11.3. The summed E-state index contributed by atoms with van der Waals surface area (Å²) in [5.74, 6) is 0.231. The summed E-state index contributed by atoms with van der Waals surface area (Å²) in [5, 5.41) is 8.72. The molecule has 0 aliphatic carbocycles. The van der Waals surface area contributed by atoms with Gasteiger partial charge in [-0.15, -0.1) is 10.2 Å². The second kappa shape index (κ2) is 8.87. The van der Waals surface area contributed by atoms with Crippen molar-refractivity contribution in [3.63, 3.8) is 0 Å². The first kappa shape index (κ1) is 21.8. The van der Waals surface area contributed by atoms with Gasteiger partial charge in [-0.1, -0.05) is 30.0 Å². The predicted molar refractivity (Wildman–Crippen MR) is 117 cm³/mol. The van der Waals surface area contributed by atoms with E-state index in [4.69, 9.17) is 4.74 Å². The van der Waals surface area contributed by atoms with Crippen LogP contribution in [-0.2, 0) is 4.74 Å². The monoisotopic (exact) mass is 426 g/mol. The number of Topliss-reactive ketones (excluding diaryl/α,β-unsaturated/α-hetero) is 1. The average molecular weight is 427 g/mol. The number of carbonyl (C=O) groups is 2. The molecule has 0 saturated heterocycles. The number of nitrogens with one attached hydrogen (secondary N) is 1. The maximum absolute atomic E-state index is 13.2. The van der Waals surface area contributed by atoms with Crippen LogP contribution in [0.3, 0.4) is 0 Å². The molecule has 0 radical (unpaired) electrons. The summed E-state index contributed by atoms with van der Waals surface area (Å²) in [7, 11) is 0. The van der Waals surface area contributed by atoms with Crippen molar-refractivity contribution in [3.8, 4) is 5.69 Å². The van der Waals surface area contributed by atoms with Crippen LogP contribution in [-0.4, -0.2) is 43.4 Å². The molecule has 1 N–H and O–H groups in total. The van der Waals surface area contributed by atoms with Gasteiger partial charge in [0.1, 0.15) is 5.82 Å². The number of hydrogen-bond acceptors (Lipinski definition) is 6. The van der Waals surface area contributed by atoms with Crippen LogP contribution in [0.5, 0.6) is 0 Å². The van der Waals surface area contributed by atoms with Gasteiger partial charge in [-0.05, 0) is 58.7 Å². The van der Waals surface area contributed by atoms with Crippen LogP contribution in [0.4, 0.5) is 0 Å². The fraction of sp³-hybridized carbons (Fsp3) is 0.364. The number of benzene rings is 1. The smallest absolute Gasteiger partial charge is 0.340 e. The number of H-pyrrole nitrogens is 1. The number of ether oxygens (including phenoxy) is 1. The Kier molecular flexibility index (Phi) is 6.45. The van der Waals surface area contributed by atoms with Crippen molar-refractivity contribution in [3.05, 3.63) is 58.2 Å². The van der Waals surface area contributed by atoms with E-state index in [-0.39, 0.29) is 12.4 Å². The summed E-state index contributed by atoms with van der Waals surface area (Å²) in [4.78, 5) is 28.5. The SMILES string of the molecule is CCOC(=O)c1c(C)[nH]c(C(=O)C(C)Sc2nnc(C)n2-c2ccccc2C)c1C. The molecule has 2 heterocycles. The lowest BCUT2D eigenvalue weighted by atomic mass is 10.1. The van der Waals surface area contributed by atoms with Crippen molar-refractivity contribution < 1.29 is 14.3 Å². The lowest BCUT2D eigenvalue weighted by Crippen LogP contribution is -2.16. The van der Waals surface area contributed by atoms with Crippen molar-refractivity contribution in [1.82, 2.24) is 19.7 Å². The quantitative estimate of drug-likeness (QED) is 0.343. The van der Waals surface area contributed by atoms with E-state index in [1.807, 2.05) is 49.6 Å².